The van der Waals surface area contributed by atoms with E-state index in [1.807, 2.05) is 6.07 Å². The second kappa shape index (κ2) is 4.77. The highest BCUT2D eigenvalue weighted by Gasteiger charge is 1.93. The molecule has 0 amide bonds. The quantitative estimate of drug-likeness (QED) is 0.515. The minimum absolute atomic E-state index is 0.434. The zero-order valence-electron chi connectivity index (χ0n) is 7.60. The molecule has 0 N–H and O–H groups in total. The van der Waals surface area contributed by atoms with Crippen LogP contribution in [0, 0.1) is 11.3 Å². The Kier molecular flexibility index (Phi) is 3.39. The van der Waals surface area contributed by atoms with Gasteiger partial charge in [0.15, 0.2) is 0 Å². The normalized spacial score (nSPS) is 9.71. The van der Waals surface area contributed by atoms with Crippen molar-refractivity contribution in [2.24, 2.45) is 0 Å². The number of hydrogen-bond donors (Lipinski definition) is 0. The lowest BCUT2D eigenvalue weighted by Crippen LogP contribution is -1.93. The number of ether oxygens (including phenoxy) is 1. The van der Waals surface area contributed by atoms with Crippen LogP contribution in [-0.2, 0) is 9.53 Å². The maximum absolute atomic E-state index is 10.7. The molecule has 0 aliphatic carbocycles. The Bertz CT molecular complexity index is 388. The number of aromatic nitrogens is 1. The van der Waals surface area contributed by atoms with Crippen LogP contribution in [0.2, 0.25) is 0 Å². The van der Waals surface area contributed by atoms with E-state index in [0.717, 1.165) is 0 Å². The van der Waals surface area contributed by atoms with Gasteiger partial charge in [-0.1, -0.05) is 0 Å². The highest BCUT2D eigenvalue weighted by atomic mass is 16.5. The Hall–Kier alpha value is -2.15. The van der Waals surface area contributed by atoms with Gasteiger partial charge in [-0.2, -0.15) is 5.26 Å². The molecule has 0 saturated heterocycles. The summed E-state index contributed by atoms with van der Waals surface area (Å²) in [7, 11) is 1.30. The Balaban J connectivity index is 2.74. The van der Waals surface area contributed by atoms with E-state index in [-0.39, 0.29) is 0 Å². The molecule has 0 aliphatic heterocycles. The van der Waals surface area contributed by atoms with E-state index < -0.39 is 5.97 Å². The van der Waals surface area contributed by atoms with Crippen LogP contribution in [0.4, 0.5) is 0 Å². The lowest BCUT2D eigenvalue weighted by molar-refractivity contribution is -0.134. The van der Waals surface area contributed by atoms with Crippen molar-refractivity contribution in [3.05, 3.63) is 35.7 Å². The summed E-state index contributed by atoms with van der Waals surface area (Å²) in [5, 5.41) is 8.50. The minimum Gasteiger partial charge on any atom is -0.466 e. The molecule has 70 valence electrons. The highest BCUT2D eigenvalue weighted by molar-refractivity contribution is 5.86. The molecule has 14 heavy (non-hydrogen) atoms. The topological polar surface area (TPSA) is 63.0 Å². The molecule has 0 fully saturated rings. The van der Waals surface area contributed by atoms with Crippen molar-refractivity contribution in [2.45, 2.75) is 0 Å². The number of carbonyl (C=O) groups is 1. The van der Waals surface area contributed by atoms with Gasteiger partial charge in [0, 0.05) is 12.3 Å². The maximum atomic E-state index is 10.7. The molecule has 1 aromatic heterocycles. The van der Waals surface area contributed by atoms with E-state index >= 15 is 0 Å². The minimum atomic E-state index is -0.434. The SMILES string of the molecule is COC(=O)C=Cc1ccc(C#N)cn1. The number of carbonyl (C=O) groups excluding carboxylic acids is 1. The van der Waals surface area contributed by atoms with Crippen molar-refractivity contribution in [3.8, 4) is 6.07 Å². The number of pyridine rings is 1. The molecule has 0 aromatic carbocycles. The smallest absolute Gasteiger partial charge is 0.330 e. The molecule has 4 nitrogen and oxygen atoms in total. The second-order valence-electron chi connectivity index (χ2n) is 2.44. The van der Waals surface area contributed by atoms with Crippen LogP contribution >= 0.6 is 0 Å². The number of nitriles is 1. The lowest BCUT2D eigenvalue weighted by Gasteiger charge is -1.92. The highest BCUT2D eigenvalue weighted by Crippen LogP contribution is 2.00. The summed E-state index contributed by atoms with van der Waals surface area (Å²) < 4.78 is 4.41. The second-order valence-corrected chi connectivity index (χ2v) is 2.44. The van der Waals surface area contributed by atoms with Gasteiger partial charge in [-0.05, 0) is 18.2 Å². The summed E-state index contributed by atoms with van der Waals surface area (Å²) in [5.41, 5.74) is 1.09. The molecule has 1 rings (SSSR count). The predicted octanol–water partition coefficient (Wildman–Crippen LogP) is 1.14. The molecular formula is C10H8N2O2. The van der Waals surface area contributed by atoms with Crippen LogP contribution in [0.5, 0.6) is 0 Å². The average molecular weight is 188 g/mol. The first-order chi connectivity index (χ1) is 6.76. The van der Waals surface area contributed by atoms with E-state index in [4.69, 9.17) is 5.26 Å². The first-order valence-corrected chi connectivity index (χ1v) is 3.88. The number of methoxy groups -OCH3 is 1. The van der Waals surface area contributed by atoms with Gasteiger partial charge in [0.1, 0.15) is 6.07 Å². The maximum Gasteiger partial charge on any atom is 0.330 e. The first kappa shape index (κ1) is 9.93. The van der Waals surface area contributed by atoms with Crippen molar-refractivity contribution in [1.82, 2.24) is 4.98 Å². The summed E-state index contributed by atoms with van der Waals surface area (Å²) in [6.45, 7) is 0. The van der Waals surface area contributed by atoms with E-state index in [2.05, 4.69) is 9.72 Å². The molecule has 0 saturated carbocycles. The van der Waals surface area contributed by atoms with Crippen molar-refractivity contribution >= 4 is 12.0 Å². The first-order valence-electron chi connectivity index (χ1n) is 3.88. The molecule has 0 atom stereocenters. The largest absolute Gasteiger partial charge is 0.466 e. The Morgan fingerprint density at radius 3 is 2.93 bits per heavy atom. The number of nitrogens with zero attached hydrogens (tertiary/aromatic N) is 2. The molecule has 0 radical (unpaired) electrons. The molecule has 4 heteroatoms. The van der Waals surface area contributed by atoms with Gasteiger partial charge in [0.05, 0.1) is 18.4 Å². The van der Waals surface area contributed by atoms with Gasteiger partial charge in [-0.25, -0.2) is 4.79 Å². The van der Waals surface area contributed by atoms with Crippen LogP contribution in [0.25, 0.3) is 6.08 Å². The third-order valence-electron chi connectivity index (χ3n) is 1.51. The zero-order chi connectivity index (χ0) is 10.4. The van der Waals surface area contributed by atoms with E-state index in [1.165, 1.54) is 25.5 Å². The summed E-state index contributed by atoms with van der Waals surface area (Å²) in [5.74, 6) is -0.434. The van der Waals surface area contributed by atoms with Gasteiger partial charge in [-0.3, -0.25) is 4.98 Å². The van der Waals surface area contributed by atoms with Gasteiger partial charge >= 0.3 is 5.97 Å². The molecule has 0 bridgehead atoms. The predicted molar refractivity (Wildman–Crippen MR) is 50.0 cm³/mol. The van der Waals surface area contributed by atoms with Gasteiger partial charge in [0.25, 0.3) is 0 Å². The summed E-state index contributed by atoms with van der Waals surface area (Å²) in [6, 6.07) is 5.23. The third kappa shape index (κ3) is 2.72. The average Bonchev–Trinajstić information content (AvgIpc) is 2.26. The van der Waals surface area contributed by atoms with E-state index in [9.17, 15) is 4.79 Å². The number of hydrogen-bond acceptors (Lipinski definition) is 4. The third-order valence-corrected chi connectivity index (χ3v) is 1.51. The van der Waals surface area contributed by atoms with Crippen LogP contribution in [0.1, 0.15) is 11.3 Å². The van der Waals surface area contributed by atoms with E-state index in [1.54, 1.807) is 12.1 Å². The van der Waals surface area contributed by atoms with Gasteiger partial charge < -0.3 is 4.74 Å². The van der Waals surface area contributed by atoms with Crippen LogP contribution in [-0.4, -0.2) is 18.1 Å². The Morgan fingerprint density at radius 2 is 2.43 bits per heavy atom. The summed E-state index contributed by atoms with van der Waals surface area (Å²) >= 11 is 0. The molecule has 1 aromatic rings. The van der Waals surface area contributed by atoms with Crippen LogP contribution in [0.3, 0.4) is 0 Å². The standard InChI is InChI=1S/C10H8N2O2/c1-14-10(13)5-4-9-3-2-8(6-11)7-12-9/h2-5,7H,1H3. The molecule has 0 unspecified atom stereocenters. The fourth-order valence-corrected chi connectivity index (χ4v) is 0.791. The molecule has 0 aliphatic rings. The Morgan fingerprint density at radius 1 is 1.64 bits per heavy atom. The lowest BCUT2D eigenvalue weighted by atomic mass is 10.2. The summed E-state index contributed by atoms with van der Waals surface area (Å²) in [4.78, 5) is 14.7. The van der Waals surface area contributed by atoms with Gasteiger partial charge in [-0.15, -0.1) is 0 Å². The van der Waals surface area contributed by atoms with Crippen molar-refractivity contribution in [1.29, 1.82) is 5.26 Å². The van der Waals surface area contributed by atoms with Crippen molar-refractivity contribution < 1.29 is 9.53 Å². The Labute approximate surface area is 81.5 Å². The number of esters is 1. The van der Waals surface area contributed by atoms with Crippen molar-refractivity contribution in [2.75, 3.05) is 7.11 Å². The molecule has 1 heterocycles. The fraction of sp³-hybridized carbons (Fsp3) is 0.100. The van der Waals surface area contributed by atoms with Gasteiger partial charge in [0.2, 0.25) is 0 Å². The monoisotopic (exact) mass is 188 g/mol. The van der Waals surface area contributed by atoms with Crippen molar-refractivity contribution in [3.63, 3.8) is 0 Å². The van der Waals surface area contributed by atoms with Crippen LogP contribution < -0.4 is 0 Å². The number of rotatable bonds is 2. The summed E-state index contributed by atoms with van der Waals surface area (Å²) in [6.07, 6.45) is 4.23. The fourth-order valence-electron chi connectivity index (χ4n) is 0.791. The molecular weight excluding hydrogens is 180 g/mol. The van der Waals surface area contributed by atoms with E-state index in [0.29, 0.717) is 11.3 Å². The van der Waals surface area contributed by atoms with Crippen LogP contribution in [0.15, 0.2) is 24.4 Å². The molecule has 0 spiro atoms. The zero-order valence-corrected chi connectivity index (χ0v) is 7.60.